The molecule has 1 aliphatic heterocycles. The first-order valence-electron chi connectivity index (χ1n) is 6.51. The van der Waals surface area contributed by atoms with Crippen LogP contribution < -0.4 is 0 Å². The van der Waals surface area contributed by atoms with Crippen LogP contribution in [0.3, 0.4) is 0 Å². The Balaban J connectivity index is 2.09. The summed E-state index contributed by atoms with van der Waals surface area (Å²) < 4.78 is 0. The number of urea groups is 1. The van der Waals surface area contributed by atoms with E-state index in [1.807, 2.05) is 24.4 Å². The van der Waals surface area contributed by atoms with Crippen LogP contribution >= 0.6 is 11.3 Å². The van der Waals surface area contributed by atoms with Gasteiger partial charge in [0.1, 0.15) is 6.04 Å². The summed E-state index contributed by atoms with van der Waals surface area (Å²) in [5, 5.41) is 20.7. The Morgan fingerprint density at radius 3 is 2.85 bits per heavy atom. The maximum Gasteiger partial charge on any atom is 0.326 e. The zero-order valence-electron chi connectivity index (χ0n) is 11.2. The quantitative estimate of drug-likeness (QED) is 0.875. The van der Waals surface area contributed by atoms with Crippen molar-refractivity contribution in [2.45, 2.75) is 32.0 Å². The van der Waals surface area contributed by atoms with Crippen LogP contribution in [0, 0.1) is 0 Å². The average Bonchev–Trinajstić information content (AvgIpc) is 3.04. The van der Waals surface area contributed by atoms with Crippen molar-refractivity contribution in [3.05, 3.63) is 22.4 Å². The largest absolute Gasteiger partial charge is 0.480 e. The number of hydrogen-bond donors (Lipinski definition) is 2. The van der Waals surface area contributed by atoms with Crippen molar-refractivity contribution >= 4 is 23.3 Å². The molecule has 0 aromatic carbocycles. The Kier molecular flexibility index (Phi) is 4.61. The van der Waals surface area contributed by atoms with Gasteiger partial charge in [-0.15, -0.1) is 11.3 Å². The van der Waals surface area contributed by atoms with Crippen molar-refractivity contribution in [2.24, 2.45) is 0 Å². The van der Waals surface area contributed by atoms with Crippen LogP contribution in [0.1, 0.15) is 18.2 Å². The highest BCUT2D eigenvalue weighted by Crippen LogP contribution is 2.21. The monoisotopic (exact) mass is 298 g/mol. The van der Waals surface area contributed by atoms with Crippen LogP contribution in [0.4, 0.5) is 4.79 Å². The second kappa shape index (κ2) is 6.23. The van der Waals surface area contributed by atoms with E-state index in [0.29, 0.717) is 13.1 Å². The number of carboxylic acids is 1. The summed E-state index contributed by atoms with van der Waals surface area (Å²) in [4.78, 5) is 27.5. The number of nitrogens with zero attached hydrogens (tertiary/aromatic N) is 2. The number of aliphatic hydroxyl groups excluding tert-OH is 1. The summed E-state index contributed by atoms with van der Waals surface area (Å²) in [7, 11) is 0. The molecule has 7 heteroatoms. The summed E-state index contributed by atoms with van der Waals surface area (Å²) in [6.45, 7) is 2.89. The molecule has 20 heavy (non-hydrogen) atoms. The Labute approximate surface area is 121 Å². The third-order valence-electron chi connectivity index (χ3n) is 3.39. The van der Waals surface area contributed by atoms with Gasteiger partial charge in [0.15, 0.2) is 0 Å². The molecular weight excluding hydrogens is 280 g/mol. The van der Waals surface area contributed by atoms with Gasteiger partial charge in [-0.1, -0.05) is 6.07 Å². The molecule has 0 aliphatic carbocycles. The van der Waals surface area contributed by atoms with Gasteiger partial charge in [-0.3, -0.25) is 0 Å². The zero-order chi connectivity index (χ0) is 14.7. The van der Waals surface area contributed by atoms with Gasteiger partial charge in [0.25, 0.3) is 0 Å². The fourth-order valence-corrected chi connectivity index (χ4v) is 3.07. The molecule has 1 aliphatic rings. The number of hydrogen-bond acceptors (Lipinski definition) is 4. The van der Waals surface area contributed by atoms with E-state index in [2.05, 4.69) is 0 Å². The van der Waals surface area contributed by atoms with E-state index in [1.165, 1.54) is 4.90 Å². The number of aliphatic hydroxyl groups is 1. The van der Waals surface area contributed by atoms with Crippen molar-refractivity contribution in [3.8, 4) is 0 Å². The number of amides is 2. The van der Waals surface area contributed by atoms with Gasteiger partial charge in [-0.05, 0) is 18.4 Å². The Morgan fingerprint density at radius 2 is 2.30 bits per heavy atom. The van der Waals surface area contributed by atoms with Crippen LogP contribution in [-0.2, 0) is 11.3 Å². The highest BCUT2D eigenvalue weighted by molar-refractivity contribution is 7.09. The Morgan fingerprint density at radius 1 is 1.55 bits per heavy atom. The number of β-amino-alcohol motifs (C(OH)–C–C–N with tert-alkyl or cyclic N) is 1. The topological polar surface area (TPSA) is 81.1 Å². The van der Waals surface area contributed by atoms with E-state index in [1.54, 1.807) is 16.2 Å². The van der Waals surface area contributed by atoms with Crippen molar-refractivity contribution in [1.29, 1.82) is 0 Å². The first-order valence-corrected chi connectivity index (χ1v) is 7.39. The van der Waals surface area contributed by atoms with Crippen molar-refractivity contribution < 1.29 is 19.8 Å². The lowest BCUT2D eigenvalue weighted by atomic mass is 10.2. The molecule has 0 bridgehead atoms. The Bertz CT molecular complexity index is 477. The summed E-state index contributed by atoms with van der Waals surface area (Å²) in [5.74, 6) is -1.07. The summed E-state index contributed by atoms with van der Waals surface area (Å²) >= 11 is 1.56. The predicted octanol–water partition coefficient (Wildman–Crippen LogP) is 1.21. The van der Waals surface area contributed by atoms with E-state index in [0.717, 1.165) is 4.88 Å². The molecule has 2 amide bonds. The molecule has 1 aromatic heterocycles. The van der Waals surface area contributed by atoms with E-state index < -0.39 is 18.1 Å². The minimum absolute atomic E-state index is 0.0801. The van der Waals surface area contributed by atoms with Crippen molar-refractivity contribution in [2.75, 3.05) is 13.1 Å². The summed E-state index contributed by atoms with van der Waals surface area (Å²) in [5.41, 5.74) is 0. The minimum atomic E-state index is -1.07. The predicted molar refractivity (Wildman–Crippen MR) is 74.6 cm³/mol. The second-order valence-corrected chi connectivity index (χ2v) is 5.80. The summed E-state index contributed by atoms with van der Waals surface area (Å²) in [6, 6.07) is 2.59. The van der Waals surface area contributed by atoms with Gasteiger partial charge in [0, 0.05) is 24.4 Å². The lowest BCUT2D eigenvalue weighted by Gasteiger charge is -2.29. The molecule has 2 atom stereocenters. The summed E-state index contributed by atoms with van der Waals surface area (Å²) in [6.07, 6.45) is -0.669. The third-order valence-corrected chi connectivity index (χ3v) is 4.25. The van der Waals surface area contributed by atoms with E-state index in [-0.39, 0.29) is 19.0 Å². The van der Waals surface area contributed by atoms with E-state index in [4.69, 9.17) is 5.11 Å². The molecule has 0 spiro atoms. The van der Waals surface area contributed by atoms with Gasteiger partial charge in [-0.25, -0.2) is 9.59 Å². The van der Waals surface area contributed by atoms with Gasteiger partial charge < -0.3 is 20.0 Å². The van der Waals surface area contributed by atoms with Crippen LogP contribution in [0.15, 0.2) is 17.5 Å². The van der Waals surface area contributed by atoms with Crippen LogP contribution in [0.5, 0.6) is 0 Å². The molecule has 110 valence electrons. The molecule has 2 rings (SSSR count). The van der Waals surface area contributed by atoms with Gasteiger partial charge in [0.2, 0.25) is 0 Å². The molecule has 0 radical (unpaired) electrons. The molecule has 2 heterocycles. The standard InChI is InChI=1S/C13H18N2O4S/c1-2-14(8-10-4-3-5-20-10)13(19)15-7-9(16)6-11(15)12(17)18/h3-5,9,11,16H,2,6-8H2,1H3,(H,17,18). The average molecular weight is 298 g/mol. The van der Waals surface area contributed by atoms with Gasteiger partial charge in [0.05, 0.1) is 12.6 Å². The molecular formula is C13H18N2O4S. The lowest BCUT2D eigenvalue weighted by molar-refractivity contribution is -0.141. The fourth-order valence-electron chi connectivity index (χ4n) is 2.35. The molecule has 2 N–H and O–H groups in total. The fraction of sp³-hybridized carbons (Fsp3) is 0.538. The molecule has 0 saturated carbocycles. The van der Waals surface area contributed by atoms with E-state index in [9.17, 15) is 14.7 Å². The lowest BCUT2D eigenvalue weighted by Crippen LogP contribution is -2.47. The number of thiophene rings is 1. The van der Waals surface area contributed by atoms with Crippen LogP contribution in [0.25, 0.3) is 0 Å². The van der Waals surface area contributed by atoms with Crippen LogP contribution in [0.2, 0.25) is 0 Å². The Hall–Kier alpha value is -1.60. The highest BCUT2D eigenvalue weighted by Gasteiger charge is 2.40. The number of carboxylic acid groups (broad SMARTS) is 1. The molecule has 2 unspecified atom stereocenters. The number of carbonyl (C=O) groups excluding carboxylic acids is 1. The normalized spacial score (nSPS) is 22.0. The maximum atomic E-state index is 12.4. The van der Waals surface area contributed by atoms with Gasteiger partial charge >= 0.3 is 12.0 Å². The zero-order valence-corrected chi connectivity index (χ0v) is 12.0. The molecule has 1 aromatic rings. The maximum absolute atomic E-state index is 12.4. The first kappa shape index (κ1) is 14.8. The van der Waals surface area contributed by atoms with E-state index >= 15 is 0 Å². The highest BCUT2D eigenvalue weighted by atomic mass is 32.1. The van der Waals surface area contributed by atoms with Crippen molar-refractivity contribution in [1.82, 2.24) is 9.80 Å². The number of rotatable bonds is 4. The van der Waals surface area contributed by atoms with Crippen LogP contribution in [-0.4, -0.2) is 57.2 Å². The van der Waals surface area contributed by atoms with Gasteiger partial charge in [-0.2, -0.15) is 0 Å². The minimum Gasteiger partial charge on any atom is -0.480 e. The number of aliphatic carboxylic acids is 1. The number of carbonyl (C=O) groups is 2. The molecule has 1 fully saturated rings. The smallest absolute Gasteiger partial charge is 0.326 e. The first-order chi connectivity index (χ1) is 9.52. The molecule has 1 saturated heterocycles. The SMILES string of the molecule is CCN(Cc1cccs1)C(=O)N1CC(O)CC1C(=O)O. The number of likely N-dealkylation sites (tertiary alicyclic amines) is 1. The van der Waals surface area contributed by atoms with Crippen molar-refractivity contribution in [3.63, 3.8) is 0 Å². The third kappa shape index (κ3) is 3.10. The molecule has 6 nitrogen and oxygen atoms in total. The second-order valence-electron chi connectivity index (χ2n) is 4.77.